The van der Waals surface area contributed by atoms with E-state index in [1.807, 2.05) is 4.90 Å². The van der Waals surface area contributed by atoms with Crippen LogP contribution in [0.4, 0.5) is 20.3 Å². The first-order valence-electron chi connectivity index (χ1n) is 14.5. The lowest BCUT2D eigenvalue weighted by atomic mass is 10.1. The van der Waals surface area contributed by atoms with E-state index in [1.165, 1.54) is 35.0 Å². The van der Waals surface area contributed by atoms with Crippen molar-refractivity contribution in [2.75, 3.05) is 25.5 Å². The van der Waals surface area contributed by atoms with Gasteiger partial charge in [0.15, 0.2) is 0 Å². The Morgan fingerprint density at radius 2 is 1.70 bits per heavy atom. The van der Waals surface area contributed by atoms with Gasteiger partial charge in [0.1, 0.15) is 22.3 Å². The van der Waals surface area contributed by atoms with Gasteiger partial charge >= 0.3 is 5.69 Å². The average molecular weight is 647 g/mol. The molecule has 5 aromatic rings. The maximum atomic E-state index is 14.9. The van der Waals surface area contributed by atoms with Gasteiger partial charge in [0.25, 0.3) is 11.2 Å². The topological polar surface area (TPSA) is 124 Å². The predicted octanol–water partition coefficient (Wildman–Crippen LogP) is 5.09. The van der Waals surface area contributed by atoms with Gasteiger partial charge in [-0.2, -0.15) is 0 Å². The Labute approximate surface area is 264 Å². The van der Waals surface area contributed by atoms with Crippen LogP contribution in [0.2, 0.25) is 0 Å². The van der Waals surface area contributed by atoms with Crippen LogP contribution < -0.4 is 16.1 Å². The predicted molar refractivity (Wildman–Crippen MR) is 171 cm³/mol. The van der Waals surface area contributed by atoms with Crippen molar-refractivity contribution < 1.29 is 18.5 Å². The van der Waals surface area contributed by atoms with E-state index in [0.29, 0.717) is 34.8 Å². The summed E-state index contributed by atoms with van der Waals surface area (Å²) < 4.78 is 31.9. The molecule has 14 heteroatoms. The molecule has 3 aromatic heterocycles. The quantitative estimate of drug-likeness (QED) is 0.170. The number of carbonyl (C=O) groups excluding carboxylic acids is 1. The SMILES string of the molecule is CN(C)Cc1c(-c2ccc([N+](=O)[O-])cc2)sc2c1c(=O)n(-c1ccc(N3CCCCC3=O)nc1)c(=O)n2Cc1c(F)cccc1F. The van der Waals surface area contributed by atoms with Gasteiger partial charge in [0.2, 0.25) is 5.91 Å². The fourth-order valence-electron chi connectivity index (χ4n) is 5.63. The lowest BCUT2D eigenvalue weighted by Crippen LogP contribution is -2.39. The highest BCUT2D eigenvalue weighted by atomic mass is 32.1. The molecular formula is C32H28F2N6O5S. The number of aromatic nitrogens is 3. The van der Waals surface area contributed by atoms with E-state index in [1.54, 1.807) is 37.2 Å². The molecule has 1 amide bonds. The second-order valence-electron chi connectivity index (χ2n) is 11.2. The van der Waals surface area contributed by atoms with Gasteiger partial charge in [-0.25, -0.2) is 23.1 Å². The maximum absolute atomic E-state index is 14.9. The van der Waals surface area contributed by atoms with Gasteiger partial charge in [-0.1, -0.05) is 6.07 Å². The molecular weight excluding hydrogens is 618 g/mol. The molecule has 6 rings (SSSR count). The molecule has 1 aliphatic heterocycles. The van der Waals surface area contributed by atoms with Crippen LogP contribution in [-0.4, -0.2) is 50.5 Å². The van der Waals surface area contributed by atoms with Gasteiger partial charge < -0.3 is 4.90 Å². The summed E-state index contributed by atoms with van der Waals surface area (Å²) in [6.45, 7) is 0.248. The Balaban J connectivity index is 1.61. The third-order valence-electron chi connectivity index (χ3n) is 7.86. The molecule has 1 aliphatic rings. The number of benzene rings is 2. The molecule has 11 nitrogen and oxygen atoms in total. The number of hydrogen-bond donors (Lipinski definition) is 0. The largest absolute Gasteiger partial charge is 0.337 e. The van der Waals surface area contributed by atoms with E-state index >= 15 is 0 Å². The summed E-state index contributed by atoms with van der Waals surface area (Å²) >= 11 is 1.09. The molecule has 4 heterocycles. The molecule has 0 atom stereocenters. The lowest BCUT2D eigenvalue weighted by molar-refractivity contribution is -0.384. The van der Waals surface area contributed by atoms with Crippen LogP contribution >= 0.6 is 11.3 Å². The molecule has 2 aromatic carbocycles. The summed E-state index contributed by atoms with van der Waals surface area (Å²) in [5.41, 5.74) is -0.728. The molecule has 236 valence electrons. The number of rotatable bonds is 8. The first-order valence-corrected chi connectivity index (χ1v) is 15.3. The second-order valence-corrected chi connectivity index (χ2v) is 12.2. The minimum atomic E-state index is -0.851. The molecule has 0 spiro atoms. The first kappa shape index (κ1) is 30.9. The molecule has 1 fully saturated rings. The number of nitrogens with zero attached hydrogens (tertiary/aromatic N) is 6. The van der Waals surface area contributed by atoms with E-state index in [9.17, 15) is 33.3 Å². The second kappa shape index (κ2) is 12.4. The third-order valence-corrected chi connectivity index (χ3v) is 9.16. The van der Waals surface area contributed by atoms with Crippen molar-refractivity contribution in [3.05, 3.63) is 115 Å². The fraction of sp³-hybridized carbons (Fsp3) is 0.250. The number of nitro benzene ring substituents is 1. The van der Waals surface area contributed by atoms with E-state index in [-0.39, 0.29) is 39.6 Å². The molecule has 0 bridgehead atoms. The van der Waals surface area contributed by atoms with Crippen LogP contribution in [0.25, 0.3) is 26.3 Å². The van der Waals surface area contributed by atoms with E-state index in [4.69, 9.17) is 0 Å². The number of nitro groups is 1. The zero-order valence-corrected chi connectivity index (χ0v) is 25.7. The van der Waals surface area contributed by atoms with Crippen molar-refractivity contribution in [2.45, 2.75) is 32.4 Å². The smallest absolute Gasteiger partial charge is 0.305 e. The Morgan fingerprint density at radius 1 is 0.978 bits per heavy atom. The number of halogens is 2. The van der Waals surface area contributed by atoms with Crippen molar-refractivity contribution in [2.24, 2.45) is 0 Å². The van der Waals surface area contributed by atoms with Gasteiger partial charge in [-0.3, -0.25) is 29.2 Å². The Kier molecular flexibility index (Phi) is 8.32. The van der Waals surface area contributed by atoms with Gasteiger partial charge in [0.05, 0.1) is 28.7 Å². The van der Waals surface area contributed by atoms with Crippen LogP contribution in [-0.2, 0) is 17.9 Å². The molecule has 1 saturated heterocycles. The highest BCUT2D eigenvalue weighted by molar-refractivity contribution is 7.22. The Hall–Kier alpha value is -5.08. The fourth-order valence-corrected chi connectivity index (χ4v) is 6.93. The van der Waals surface area contributed by atoms with Crippen LogP contribution in [0.5, 0.6) is 0 Å². The number of hydrogen-bond acceptors (Lipinski definition) is 8. The van der Waals surface area contributed by atoms with Crippen LogP contribution in [0, 0.1) is 21.7 Å². The van der Waals surface area contributed by atoms with Crippen molar-refractivity contribution in [3.63, 3.8) is 0 Å². The minimum absolute atomic E-state index is 0.0651. The number of piperidine rings is 1. The molecule has 0 aliphatic carbocycles. The summed E-state index contributed by atoms with van der Waals surface area (Å²) in [4.78, 5) is 60.3. The molecule has 46 heavy (non-hydrogen) atoms. The van der Waals surface area contributed by atoms with Crippen molar-refractivity contribution in [1.29, 1.82) is 0 Å². The highest BCUT2D eigenvalue weighted by Crippen LogP contribution is 2.38. The third kappa shape index (κ3) is 5.61. The first-order chi connectivity index (χ1) is 22.0. The van der Waals surface area contributed by atoms with Crippen LogP contribution in [0.15, 0.2) is 70.4 Å². The van der Waals surface area contributed by atoms with Crippen LogP contribution in [0.1, 0.15) is 30.4 Å². The Bertz CT molecular complexity index is 2090. The summed E-state index contributed by atoms with van der Waals surface area (Å²) in [5.74, 6) is -1.38. The highest BCUT2D eigenvalue weighted by Gasteiger charge is 2.26. The summed E-state index contributed by atoms with van der Waals surface area (Å²) in [6, 6.07) is 12.3. The average Bonchev–Trinajstić information content (AvgIpc) is 3.39. The maximum Gasteiger partial charge on any atom is 0.337 e. The monoisotopic (exact) mass is 646 g/mol. The molecule has 0 unspecified atom stereocenters. The van der Waals surface area contributed by atoms with Gasteiger partial charge in [-0.05, 0) is 74.5 Å². The minimum Gasteiger partial charge on any atom is -0.305 e. The number of carbonyl (C=O) groups is 1. The number of anilines is 1. The molecule has 0 radical (unpaired) electrons. The van der Waals surface area contributed by atoms with E-state index in [2.05, 4.69) is 4.98 Å². The van der Waals surface area contributed by atoms with Gasteiger partial charge in [-0.15, -0.1) is 11.3 Å². The normalized spacial score (nSPS) is 13.6. The van der Waals surface area contributed by atoms with E-state index < -0.39 is 34.4 Å². The standard InChI is InChI=1S/C32H28F2N6O5S/c1-36(2)17-23-28-30(42)39(21-13-14-26(35-16-21)37-15-4-3-8-27(37)41)32(43)38(18-22-24(33)6-5-7-25(22)34)31(28)46-29(23)19-9-11-20(12-10-19)40(44)45/h5-7,9-14,16H,3-4,8,15,17-18H2,1-2H3. The summed E-state index contributed by atoms with van der Waals surface area (Å²) in [5, 5.41) is 11.5. The number of fused-ring (bicyclic) bond motifs is 1. The number of thiophene rings is 1. The zero-order chi connectivity index (χ0) is 32.7. The summed E-state index contributed by atoms with van der Waals surface area (Å²) in [6.07, 6.45) is 3.35. The Morgan fingerprint density at radius 3 is 2.30 bits per heavy atom. The number of pyridine rings is 1. The zero-order valence-electron chi connectivity index (χ0n) is 24.9. The van der Waals surface area contributed by atoms with Crippen LogP contribution in [0.3, 0.4) is 0 Å². The van der Waals surface area contributed by atoms with E-state index in [0.717, 1.165) is 40.9 Å². The van der Waals surface area contributed by atoms with Gasteiger partial charge in [0, 0.05) is 42.1 Å². The molecule has 0 saturated carbocycles. The number of non-ortho nitro benzene ring substituents is 1. The summed E-state index contributed by atoms with van der Waals surface area (Å²) in [7, 11) is 3.61. The van der Waals surface area contributed by atoms with Crippen molar-refractivity contribution >= 4 is 39.0 Å². The van der Waals surface area contributed by atoms with Crippen molar-refractivity contribution in [3.8, 4) is 16.1 Å². The van der Waals surface area contributed by atoms with Crippen molar-refractivity contribution in [1.82, 2.24) is 19.0 Å². The lowest BCUT2D eigenvalue weighted by Gasteiger charge is -2.25. The molecule has 0 N–H and O–H groups in total. The number of amides is 1.